The van der Waals surface area contributed by atoms with Gasteiger partial charge < -0.3 is 15.5 Å². The third-order valence-corrected chi connectivity index (χ3v) is 7.05. The Balaban J connectivity index is 1.65. The predicted octanol–water partition coefficient (Wildman–Crippen LogP) is 5.17. The van der Waals surface area contributed by atoms with Gasteiger partial charge in [-0.05, 0) is 60.7 Å². The highest BCUT2D eigenvalue weighted by atomic mass is 32.2. The van der Waals surface area contributed by atoms with E-state index < -0.39 is 12.1 Å². The maximum atomic E-state index is 13.0. The van der Waals surface area contributed by atoms with Crippen molar-refractivity contribution in [2.75, 3.05) is 35.9 Å². The lowest BCUT2D eigenvalue weighted by Crippen LogP contribution is -2.49. The van der Waals surface area contributed by atoms with Crippen molar-refractivity contribution in [1.82, 2.24) is 15.5 Å². The van der Waals surface area contributed by atoms with Gasteiger partial charge in [0.25, 0.3) is 0 Å². The molecule has 3 amide bonds. The Hall–Kier alpha value is -3.11. The van der Waals surface area contributed by atoms with E-state index in [9.17, 15) is 9.59 Å². The summed E-state index contributed by atoms with van der Waals surface area (Å²) in [6, 6.07) is 14.3. The molecule has 0 saturated heterocycles. The predicted molar refractivity (Wildman–Crippen MR) is 142 cm³/mol. The fourth-order valence-electron chi connectivity index (χ4n) is 3.16. The lowest BCUT2D eigenvalue weighted by Gasteiger charge is -2.23. The molecule has 0 spiro atoms. The largest absolute Gasteiger partial charge is 0.378 e. The van der Waals surface area contributed by atoms with Crippen molar-refractivity contribution in [1.29, 1.82) is 0 Å². The molecule has 0 fully saturated rings. The van der Waals surface area contributed by atoms with E-state index in [2.05, 4.69) is 26.1 Å². The number of rotatable bonds is 9. The Morgan fingerprint density at radius 3 is 2.29 bits per heavy atom. The number of urea groups is 1. The summed E-state index contributed by atoms with van der Waals surface area (Å²) in [6.07, 6.45) is 2.71. The first-order valence-electron chi connectivity index (χ1n) is 10.9. The molecule has 0 aliphatic rings. The number of amides is 3. The van der Waals surface area contributed by atoms with Crippen LogP contribution in [-0.2, 0) is 4.79 Å². The average molecular weight is 499 g/mol. The molecular weight excluding hydrogens is 468 g/mol. The molecule has 0 bridgehead atoms. The second-order valence-electron chi connectivity index (χ2n) is 8.03. The fraction of sp³-hybridized carbons (Fsp3) is 0.333. The molecular formula is C24H30N6O2S2. The van der Waals surface area contributed by atoms with Crippen LogP contribution < -0.4 is 20.9 Å². The summed E-state index contributed by atoms with van der Waals surface area (Å²) in [6.45, 7) is 3.90. The molecule has 2 aromatic carbocycles. The summed E-state index contributed by atoms with van der Waals surface area (Å²) < 4.78 is 0. The van der Waals surface area contributed by atoms with Crippen LogP contribution in [0.15, 0.2) is 53.4 Å². The van der Waals surface area contributed by atoms with E-state index in [1.165, 1.54) is 11.3 Å². The first-order chi connectivity index (χ1) is 16.3. The maximum absolute atomic E-state index is 13.0. The molecule has 1 aromatic heterocycles. The van der Waals surface area contributed by atoms with Crippen LogP contribution in [-0.4, -0.2) is 48.5 Å². The SMILES string of the molecule is CCC(C)C(NC(=O)Nc1ccc(SC)cc1)C(=O)Nc1nnc(-c2ccc(N(C)C)cc2)s1. The second kappa shape index (κ2) is 11.8. The molecule has 3 N–H and O–H groups in total. The average Bonchev–Trinajstić information content (AvgIpc) is 3.31. The number of carbonyl (C=O) groups is 2. The third kappa shape index (κ3) is 6.71. The summed E-state index contributed by atoms with van der Waals surface area (Å²) >= 11 is 2.92. The Bertz CT molecular complexity index is 1100. The standard InChI is InChI=1S/C24H30N6O2S2/c1-6-15(2)20(26-23(32)25-17-9-13-19(33-5)14-10-17)21(31)27-24-29-28-22(34-24)16-7-11-18(12-8-16)30(3)4/h7-15,20H,6H2,1-5H3,(H2,25,26,32)(H,27,29,31). The number of thioether (sulfide) groups is 1. The highest BCUT2D eigenvalue weighted by Crippen LogP contribution is 2.28. The number of anilines is 3. The number of nitrogens with zero attached hydrogens (tertiary/aromatic N) is 3. The van der Waals surface area contributed by atoms with Crippen molar-refractivity contribution >= 4 is 51.5 Å². The number of aromatic nitrogens is 2. The van der Waals surface area contributed by atoms with Gasteiger partial charge in [-0.25, -0.2) is 4.79 Å². The van der Waals surface area contributed by atoms with Gasteiger partial charge in [0.05, 0.1) is 0 Å². The van der Waals surface area contributed by atoms with Crippen LogP contribution in [0.2, 0.25) is 0 Å². The minimum absolute atomic E-state index is 0.0735. The van der Waals surface area contributed by atoms with Gasteiger partial charge in [0.1, 0.15) is 11.0 Å². The van der Waals surface area contributed by atoms with Crippen LogP contribution in [0, 0.1) is 5.92 Å². The third-order valence-electron chi connectivity index (χ3n) is 5.42. The van der Waals surface area contributed by atoms with Gasteiger partial charge in [0, 0.05) is 35.9 Å². The van der Waals surface area contributed by atoms with Crippen LogP contribution in [0.5, 0.6) is 0 Å². The molecule has 0 aliphatic carbocycles. The van der Waals surface area contributed by atoms with Gasteiger partial charge in [-0.1, -0.05) is 31.6 Å². The van der Waals surface area contributed by atoms with E-state index >= 15 is 0 Å². The van der Waals surface area contributed by atoms with Crippen LogP contribution in [0.4, 0.5) is 21.3 Å². The molecule has 0 aliphatic heterocycles. The van der Waals surface area contributed by atoms with Crippen LogP contribution >= 0.6 is 23.1 Å². The molecule has 34 heavy (non-hydrogen) atoms. The summed E-state index contributed by atoms with van der Waals surface area (Å²) in [7, 11) is 3.97. The smallest absolute Gasteiger partial charge is 0.319 e. The van der Waals surface area contributed by atoms with Crippen molar-refractivity contribution in [2.24, 2.45) is 5.92 Å². The van der Waals surface area contributed by atoms with E-state index in [0.717, 1.165) is 22.6 Å². The Kier molecular flexibility index (Phi) is 8.89. The lowest BCUT2D eigenvalue weighted by molar-refractivity contribution is -0.119. The van der Waals surface area contributed by atoms with Crippen LogP contribution in [0.25, 0.3) is 10.6 Å². The van der Waals surface area contributed by atoms with Gasteiger partial charge in [0.2, 0.25) is 11.0 Å². The van der Waals surface area contributed by atoms with Gasteiger partial charge in [0.15, 0.2) is 0 Å². The summed E-state index contributed by atoms with van der Waals surface area (Å²) in [4.78, 5) is 28.7. The van der Waals surface area contributed by atoms with Crippen molar-refractivity contribution < 1.29 is 9.59 Å². The van der Waals surface area contributed by atoms with E-state index in [1.807, 2.05) is 87.6 Å². The number of benzene rings is 2. The monoisotopic (exact) mass is 498 g/mol. The Morgan fingerprint density at radius 2 is 1.71 bits per heavy atom. The summed E-state index contributed by atoms with van der Waals surface area (Å²) in [5, 5.41) is 17.8. The first kappa shape index (κ1) is 25.5. The number of hydrogen-bond donors (Lipinski definition) is 3. The first-order valence-corrected chi connectivity index (χ1v) is 13.0. The number of carbonyl (C=O) groups excluding carboxylic acids is 2. The highest BCUT2D eigenvalue weighted by molar-refractivity contribution is 7.98. The second-order valence-corrected chi connectivity index (χ2v) is 9.89. The van der Waals surface area contributed by atoms with Crippen molar-refractivity contribution in [3.05, 3.63) is 48.5 Å². The van der Waals surface area contributed by atoms with E-state index in [0.29, 0.717) is 15.8 Å². The van der Waals surface area contributed by atoms with Gasteiger partial charge in [-0.3, -0.25) is 10.1 Å². The van der Waals surface area contributed by atoms with E-state index in [1.54, 1.807) is 11.8 Å². The van der Waals surface area contributed by atoms with E-state index in [-0.39, 0.29) is 11.8 Å². The topological polar surface area (TPSA) is 99.2 Å². The van der Waals surface area contributed by atoms with Gasteiger partial charge in [-0.15, -0.1) is 22.0 Å². The zero-order chi connectivity index (χ0) is 24.7. The zero-order valence-corrected chi connectivity index (χ0v) is 21.6. The van der Waals surface area contributed by atoms with Crippen molar-refractivity contribution in [3.8, 4) is 10.6 Å². The summed E-state index contributed by atoms with van der Waals surface area (Å²) in [5.41, 5.74) is 2.67. The highest BCUT2D eigenvalue weighted by Gasteiger charge is 2.27. The molecule has 2 atom stereocenters. The fourth-order valence-corrected chi connectivity index (χ4v) is 4.32. The molecule has 2 unspecified atom stereocenters. The Labute approximate surface area is 208 Å². The van der Waals surface area contributed by atoms with Gasteiger partial charge in [-0.2, -0.15) is 0 Å². The normalized spacial score (nSPS) is 12.5. The summed E-state index contributed by atoms with van der Waals surface area (Å²) in [5.74, 6) is -0.400. The van der Waals surface area contributed by atoms with E-state index in [4.69, 9.17) is 0 Å². The van der Waals surface area contributed by atoms with Crippen molar-refractivity contribution in [2.45, 2.75) is 31.2 Å². The minimum atomic E-state index is -0.720. The molecule has 3 aromatic rings. The van der Waals surface area contributed by atoms with Crippen LogP contribution in [0.1, 0.15) is 20.3 Å². The van der Waals surface area contributed by atoms with Gasteiger partial charge >= 0.3 is 6.03 Å². The molecule has 0 saturated carbocycles. The molecule has 1 heterocycles. The number of hydrogen-bond acceptors (Lipinski definition) is 7. The minimum Gasteiger partial charge on any atom is -0.378 e. The Morgan fingerprint density at radius 1 is 1.03 bits per heavy atom. The zero-order valence-electron chi connectivity index (χ0n) is 20.0. The molecule has 8 nitrogen and oxygen atoms in total. The molecule has 0 radical (unpaired) electrons. The molecule has 10 heteroatoms. The lowest BCUT2D eigenvalue weighted by atomic mass is 9.98. The molecule has 3 rings (SSSR count). The quantitative estimate of drug-likeness (QED) is 0.352. The maximum Gasteiger partial charge on any atom is 0.319 e. The van der Waals surface area contributed by atoms with Crippen LogP contribution in [0.3, 0.4) is 0 Å². The molecule has 180 valence electrons. The van der Waals surface area contributed by atoms with Crippen molar-refractivity contribution in [3.63, 3.8) is 0 Å². The number of nitrogens with one attached hydrogen (secondary N) is 3.